The predicted octanol–water partition coefficient (Wildman–Crippen LogP) is 1.50. The fourth-order valence-electron chi connectivity index (χ4n) is 1.13. The first kappa shape index (κ1) is 11.2. The Balaban J connectivity index is 2.57. The van der Waals surface area contributed by atoms with Crippen molar-refractivity contribution in [2.45, 2.75) is 5.75 Å². The molecule has 0 spiro atoms. The van der Waals surface area contributed by atoms with Gasteiger partial charge in [-0.2, -0.15) is 11.8 Å². The zero-order chi connectivity index (χ0) is 10.4. The third-order valence-corrected chi connectivity index (χ3v) is 2.81. The van der Waals surface area contributed by atoms with Gasteiger partial charge >= 0.3 is 0 Å². The van der Waals surface area contributed by atoms with E-state index < -0.39 is 0 Å². The second kappa shape index (κ2) is 5.78. The van der Waals surface area contributed by atoms with Crippen LogP contribution in [-0.4, -0.2) is 24.6 Å². The number of aliphatic hydroxyl groups excluding tert-OH is 1. The molecule has 1 aromatic rings. The summed E-state index contributed by atoms with van der Waals surface area (Å²) in [5.41, 5.74) is 7.57. The molecule has 3 nitrogen and oxygen atoms in total. The lowest BCUT2D eigenvalue weighted by Crippen LogP contribution is -1.94. The molecule has 0 bridgehead atoms. The second-order valence-electron chi connectivity index (χ2n) is 2.85. The van der Waals surface area contributed by atoms with Crippen molar-refractivity contribution < 1.29 is 9.84 Å². The minimum Gasteiger partial charge on any atom is -0.495 e. The summed E-state index contributed by atoms with van der Waals surface area (Å²) in [4.78, 5) is 0. The molecule has 1 aromatic carbocycles. The monoisotopic (exact) mass is 213 g/mol. The molecule has 3 N–H and O–H groups in total. The maximum Gasteiger partial charge on any atom is 0.141 e. The third-order valence-electron chi connectivity index (χ3n) is 1.80. The Morgan fingerprint density at radius 1 is 1.50 bits per heavy atom. The number of hydrogen-bond acceptors (Lipinski definition) is 4. The van der Waals surface area contributed by atoms with E-state index in [1.165, 1.54) is 0 Å². The van der Waals surface area contributed by atoms with Gasteiger partial charge in [0.1, 0.15) is 5.75 Å². The van der Waals surface area contributed by atoms with Gasteiger partial charge in [0.2, 0.25) is 0 Å². The van der Waals surface area contributed by atoms with Crippen LogP contribution in [0.15, 0.2) is 18.2 Å². The summed E-state index contributed by atoms with van der Waals surface area (Å²) >= 11 is 1.68. The van der Waals surface area contributed by atoms with Crippen molar-refractivity contribution in [1.82, 2.24) is 0 Å². The van der Waals surface area contributed by atoms with E-state index in [1.54, 1.807) is 18.9 Å². The highest BCUT2D eigenvalue weighted by molar-refractivity contribution is 7.98. The molecule has 14 heavy (non-hydrogen) atoms. The predicted molar refractivity (Wildman–Crippen MR) is 60.7 cm³/mol. The number of aliphatic hydroxyl groups is 1. The first-order valence-electron chi connectivity index (χ1n) is 4.39. The molecule has 0 amide bonds. The zero-order valence-corrected chi connectivity index (χ0v) is 9.01. The lowest BCUT2D eigenvalue weighted by molar-refractivity contribution is 0.322. The van der Waals surface area contributed by atoms with Gasteiger partial charge in [0.25, 0.3) is 0 Å². The van der Waals surface area contributed by atoms with Crippen molar-refractivity contribution in [1.29, 1.82) is 0 Å². The van der Waals surface area contributed by atoms with Gasteiger partial charge < -0.3 is 15.6 Å². The molecule has 0 unspecified atom stereocenters. The van der Waals surface area contributed by atoms with Crippen molar-refractivity contribution in [3.63, 3.8) is 0 Å². The van der Waals surface area contributed by atoms with Crippen molar-refractivity contribution in [2.24, 2.45) is 0 Å². The minimum absolute atomic E-state index is 0.219. The van der Waals surface area contributed by atoms with Crippen molar-refractivity contribution in [3.05, 3.63) is 23.8 Å². The fourth-order valence-corrected chi connectivity index (χ4v) is 1.82. The largest absolute Gasteiger partial charge is 0.495 e. The van der Waals surface area contributed by atoms with Crippen LogP contribution in [0.1, 0.15) is 5.56 Å². The van der Waals surface area contributed by atoms with Gasteiger partial charge in [-0.3, -0.25) is 0 Å². The summed E-state index contributed by atoms with van der Waals surface area (Å²) in [6.45, 7) is 0.219. The number of methoxy groups -OCH3 is 1. The van der Waals surface area contributed by atoms with Crippen LogP contribution in [-0.2, 0) is 5.75 Å². The number of hydrogen-bond donors (Lipinski definition) is 2. The maximum absolute atomic E-state index is 8.62. The van der Waals surface area contributed by atoms with Gasteiger partial charge in [0, 0.05) is 11.5 Å². The number of rotatable bonds is 5. The Kier molecular flexibility index (Phi) is 4.62. The van der Waals surface area contributed by atoms with E-state index >= 15 is 0 Å². The average molecular weight is 213 g/mol. The van der Waals surface area contributed by atoms with Gasteiger partial charge in [0.15, 0.2) is 0 Å². The smallest absolute Gasteiger partial charge is 0.141 e. The van der Waals surface area contributed by atoms with Crippen LogP contribution in [0.2, 0.25) is 0 Å². The highest BCUT2D eigenvalue weighted by Crippen LogP contribution is 2.23. The molecule has 0 heterocycles. The molecular formula is C10H15NO2S. The van der Waals surface area contributed by atoms with Crippen molar-refractivity contribution in [2.75, 3.05) is 25.2 Å². The summed E-state index contributed by atoms with van der Waals surface area (Å²) in [6.07, 6.45) is 0. The van der Waals surface area contributed by atoms with Crippen LogP contribution < -0.4 is 10.5 Å². The third kappa shape index (κ3) is 3.12. The van der Waals surface area contributed by atoms with E-state index in [0.717, 1.165) is 17.1 Å². The van der Waals surface area contributed by atoms with Crippen LogP contribution in [0.3, 0.4) is 0 Å². The molecule has 0 aliphatic heterocycles. The molecule has 1 rings (SSSR count). The molecule has 0 saturated heterocycles. The van der Waals surface area contributed by atoms with Crippen LogP contribution in [0.4, 0.5) is 5.69 Å². The Bertz CT molecular complexity index is 291. The van der Waals surface area contributed by atoms with E-state index in [-0.39, 0.29) is 6.61 Å². The normalized spacial score (nSPS) is 10.1. The molecule has 0 fully saturated rings. The Hall–Kier alpha value is -0.870. The lowest BCUT2D eigenvalue weighted by atomic mass is 10.2. The summed E-state index contributed by atoms with van der Waals surface area (Å²) in [6, 6.07) is 5.76. The highest BCUT2D eigenvalue weighted by Gasteiger charge is 2.00. The number of thioether (sulfide) groups is 1. The number of nitrogen functional groups attached to an aromatic ring is 1. The van der Waals surface area contributed by atoms with E-state index in [4.69, 9.17) is 15.6 Å². The van der Waals surface area contributed by atoms with Gasteiger partial charge in [-0.1, -0.05) is 6.07 Å². The molecule has 0 atom stereocenters. The average Bonchev–Trinajstić information content (AvgIpc) is 2.18. The number of anilines is 1. The van der Waals surface area contributed by atoms with E-state index in [2.05, 4.69) is 0 Å². The summed E-state index contributed by atoms with van der Waals surface area (Å²) in [7, 11) is 1.60. The molecule has 0 radical (unpaired) electrons. The fraction of sp³-hybridized carbons (Fsp3) is 0.400. The van der Waals surface area contributed by atoms with E-state index in [9.17, 15) is 0 Å². The SMILES string of the molecule is COc1ccc(CSCCO)cc1N. The lowest BCUT2D eigenvalue weighted by Gasteiger charge is -2.06. The van der Waals surface area contributed by atoms with Gasteiger partial charge in [0.05, 0.1) is 19.4 Å². The summed E-state index contributed by atoms with van der Waals surface area (Å²) in [5, 5.41) is 8.62. The van der Waals surface area contributed by atoms with E-state index in [0.29, 0.717) is 11.4 Å². The van der Waals surface area contributed by atoms with Crippen LogP contribution >= 0.6 is 11.8 Å². The quantitative estimate of drug-likeness (QED) is 0.575. The summed E-state index contributed by atoms with van der Waals surface area (Å²) in [5.74, 6) is 2.33. The minimum atomic E-state index is 0.219. The van der Waals surface area contributed by atoms with Crippen molar-refractivity contribution >= 4 is 17.4 Å². The maximum atomic E-state index is 8.62. The topological polar surface area (TPSA) is 55.5 Å². The first-order chi connectivity index (χ1) is 6.77. The first-order valence-corrected chi connectivity index (χ1v) is 5.54. The van der Waals surface area contributed by atoms with Crippen LogP contribution in [0.25, 0.3) is 0 Å². The Labute approximate surface area is 88.3 Å². The zero-order valence-electron chi connectivity index (χ0n) is 8.19. The molecule has 4 heteroatoms. The molecular weight excluding hydrogens is 198 g/mol. The molecule has 78 valence electrons. The highest BCUT2D eigenvalue weighted by atomic mass is 32.2. The van der Waals surface area contributed by atoms with E-state index in [1.807, 2.05) is 18.2 Å². The Morgan fingerprint density at radius 2 is 2.29 bits per heavy atom. The standard InChI is InChI=1S/C10H15NO2S/c1-13-10-3-2-8(6-9(10)11)7-14-5-4-12/h2-3,6,12H,4-5,7,11H2,1H3. The van der Waals surface area contributed by atoms with Gasteiger partial charge in [-0.15, -0.1) is 0 Å². The van der Waals surface area contributed by atoms with Crippen molar-refractivity contribution in [3.8, 4) is 5.75 Å². The Morgan fingerprint density at radius 3 is 2.86 bits per heavy atom. The molecule has 0 aliphatic rings. The number of nitrogens with two attached hydrogens (primary N) is 1. The van der Waals surface area contributed by atoms with Crippen LogP contribution in [0, 0.1) is 0 Å². The number of ether oxygens (including phenoxy) is 1. The number of benzene rings is 1. The van der Waals surface area contributed by atoms with Crippen LogP contribution in [0.5, 0.6) is 5.75 Å². The van der Waals surface area contributed by atoms with Gasteiger partial charge in [-0.05, 0) is 17.7 Å². The molecule has 0 aliphatic carbocycles. The molecule has 0 aromatic heterocycles. The summed E-state index contributed by atoms with van der Waals surface area (Å²) < 4.78 is 5.05. The molecule has 0 saturated carbocycles. The second-order valence-corrected chi connectivity index (χ2v) is 3.96. The van der Waals surface area contributed by atoms with Gasteiger partial charge in [-0.25, -0.2) is 0 Å².